The second-order valence-corrected chi connectivity index (χ2v) is 7.05. The van der Waals surface area contributed by atoms with Crippen molar-refractivity contribution >= 4 is 0 Å². The van der Waals surface area contributed by atoms with E-state index in [4.69, 9.17) is 4.74 Å². The smallest absolute Gasteiger partial charge is 0.0722 e. The molecule has 0 spiro atoms. The molecular weight excluding hydrogens is 234 g/mol. The largest absolute Gasteiger partial charge is 0.377 e. The number of unbranched alkanes of at least 4 members (excludes halogenated alkanes) is 5. The van der Waals surface area contributed by atoms with Crippen molar-refractivity contribution in [3.63, 3.8) is 0 Å². The average Bonchev–Trinajstić information content (AvgIpc) is 2.30. The summed E-state index contributed by atoms with van der Waals surface area (Å²) in [4.78, 5) is 0. The van der Waals surface area contributed by atoms with E-state index in [1.54, 1.807) is 0 Å². The quantitative estimate of drug-likeness (QED) is 0.546. The van der Waals surface area contributed by atoms with Gasteiger partial charge >= 0.3 is 0 Å². The first-order chi connectivity index (χ1) is 8.87. The van der Waals surface area contributed by atoms with Crippen LogP contribution in [0.5, 0.6) is 0 Å². The van der Waals surface area contributed by atoms with Crippen molar-refractivity contribution in [3.05, 3.63) is 0 Å². The molecule has 0 aliphatic carbocycles. The Morgan fingerprint density at radius 2 is 1.53 bits per heavy atom. The van der Waals surface area contributed by atoms with E-state index in [2.05, 4.69) is 46.9 Å². The predicted octanol–water partition coefficient (Wildman–Crippen LogP) is 4.78. The third-order valence-electron chi connectivity index (χ3n) is 3.41. The third-order valence-corrected chi connectivity index (χ3v) is 3.41. The molecule has 2 nitrogen and oxygen atoms in total. The zero-order valence-electron chi connectivity index (χ0n) is 14.2. The molecule has 0 fully saturated rings. The van der Waals surface area contributed by atoms with E-state index in [-0.39, 0.29) is 5.54 Å². The van der Waals surface area contributed by atoms with Crippen molar-refractivity contribution in [1.82, 2.24) is 5.32 Å². The molecule has 0 aromatic rings. The Morgan fingerprint density at radius 1 is 0.947 bits per heavy atom. The summed E-state index contributed by atoms with van der Waals surface area (Å²) in [5.41, 5.74) is 0.177. The minimum Gasteiger partial charge on any atom is -0.377 e. The van der Waals surface area contributed by atoms with E-state index in [1.165, 1.54) is 38.5 Å². The summed E-state index contributed by atoms with van der Waals surface area (Å²) in [7, 11) is 0. The molecular formula is C17H37NO. The van der Waals surface area contributed by atoms with Gasteiger partial charge in [0, 0.05) is 18.7 Å². The highest BCUT2D eigenvalue weighted by molar-refractivity contribution is 4.75. The first-order valence-electron chi connectivity index (χ1n) is 8.23. The zero-order chi connectivity index (χ0) is 14.7. The molecule has 1 unspecified atom stereocenters. The van der Waals surface area contributed by atoms with E-state index < -0.39 is 0 Å². The van der Waals surface area contributed by atoms with Gasteiger partial charge in [-0.2, -0.15) is 0 Å². The monoisotopic (exact) mass is 271 g/mol. The van der Waals surface area contributed by atoms with Crippen LogP contribution >= 0.6 is 0 Å². The summed E-state index contributed by atoms with van der Waals surface area (Å²) >= 11 is 0. The molecule has 0 aromatic heterocycles. The first kappa shape index (κ1) is 18.9. The van der Waals surface area contributed by atoms with Gasteiger partial charge in [-0.1, -0.05) is 52.9 Å². The van der Waals surface area contributed by atoms with E-state index in [0.717, 1.165) is 13.2 Å². The minimum absolute atomic E-state index is 0.177. The molecule has 0 amide bonds. The van der Waals surface area contributed by atoms with Crippen LogP contribution in [0.2, 0.25) is 0 Å². The lowest BCUT2D eigenvalue weighted by Crippen LogP contribution is -2.43. The van der Waals surface area contributed by atoms with Crippen LogP contribution in [-0.4, -0.2) is 24.8 Å². The lowest BCUT2D eigenvalue weighted by Gasteiger charge is -2.27. The van der Waals surface area contributed by atoms with Crippen LogP contribution < -0.4 is 5.32 Å². The molecule has 1 atom stereocenters. The number of hydrogen-bond acceptors (Lipinski definition) is 2. The van der Waals surface area contributed by atoms with Crippen molar-refractivity contribution < 1.29 is 4.74 Å². The van der Waals surface area contributed by atoms with Gasteiger partial charge in [0.1, 0.15) is 0 Å². The summed E-state index contributed by atoms with van der Waals surface area (Å²) < 4.78 is 6.04. The molecule has 0 rings (SSSR count). The molecule has 0 aliphatic rings. The maximum absolute atomic E-state index is 6.04. The second kappa shape index (κ2) is 10.7. The standard InChI is InChI=1S/C17H37NO/c1-7-8-9-10-11-12-13-19-16(15(2)3)14-18-17(4,5)6/h15-16,18H,7-14H2,1-6H3. The Morgan fingerprint density at radius 3 is 2.05 bits per heavy atom. The topological polar surface area (TPSA) is 21.3 Å². The van der Waals surface area contributed by atoms with Crippen LogP contribution in [0.25, 0.3) is 0 Å². The van der Waals surface area contributed by atoms with Gasteiger partial charge in [0.25, 0.3) is 0 Å². The van der Waals surface area contributed by atoms with Crippen LogP contribution in [-0.2, 0) is 4.74 Å². The molecule has 116 valence electrons. The summed E-state index contributed by atoms with van der Waals surface area (Å²) in [5.74, 6) is 0.579. The Hall–Kier alpha value is -0.0800. The summed E-state index contributed by atoms with van der Waals surface area (Å²) in [6.07, 6.45) is 8.32. The molecule has 0 aromatic carbocycles. The maximum atomic E-state index is 6.04. The van der Waals surface area contributed by atoms with Gasteiger partial charge in [0.2, 0.25) is 0 Å². The Labute approximate surface area is 121 Å². The van der Waals surface area contributed by atoms with E-state index in [1.807, 2.05) is 0 Å². The van der Waals surface area contributed by atoms with Gasteiger partial charge < -0.3 is 10.1 Å². The molecule has 1 N–H and O–H groups in total. The molecule has 0 heterocycles. The highest BCUT2D eigenvalue weighted by atomic mass is 16.5. The van der Waals surface area contributed by atoms with Crippen molar-refractivity contribution in [3.8, 4) is 0 Å². The molecule has 0 radical (unpaired) electrons. The van der Waals surface area contributed by atoms with Crippen LogP contribution in [0.1, 0.15) is 80.1 Å². The van der Waals surface area contributed by atoms with Crippen LogP contribution in [0.15, 0.2) is 0 Å². The lowest BCUT2D eigenvalue weighted by atomic mass is 10.0. The summed E-state index contributed by atoms with van der Waals surface area (Å²) in [6, 6.07) is 0. The molecule has 0 saturated carbocycles. The van der Waals surface area contributed by atoms with Gasteiger partial charge in [0.05, 0.1) is 6.10 Å². The number of ether oxygens (including phenoxy) is 1. The van der Waals surface area contributed by atoms with Crippen molar-refractivity contribution in [2.75, 3.05) is 13.2 Å². The zero-order valence-corrected chi connectivity index (χ0v) is 14.2. The third kappa shape index (κ3) is 12.7. The Kier molecular flexibility index (Phi) is 10.6. The summed E-state index contributed by atoms with van der Waals surface area (Å²) in [5, 5.41) is 3.55. The molecule has 0 saturated heterocycles. The molecule has 0 bridgehead atoms. The fraction of sp³-hybridized carbons (Fsp3) is 1.00. The van der Waals surface area contributed by atoms with Crippen LogP contribution in [0.4, 0.5) is 0 Å². The average molecular weight is 271 g/mol. The van der Waals surface area contributed by atoms with Gasteiger partial charge in [-0.3, -0.25) is 0 Å². The Balaban J connectivity index is 3.66. The first-order valence-corrected chi connectivity index (χ1v) is 8.23. The molecule has 0 aliphatic heterocycles. The lowest BCUT2D eigenvalue weighted by molar-refractivity contribution is 0.0171. The van der Waals surface area contributed by atoms with Crippen LogP contribution in [0, 0.1) is 5.92 Å². The number of nitrogens with one attached hydrogen (secondary N) is 1. The molecule has 2 heteroatoms. The number of rotatable bonds is 11. The fourth-order valence-corrected chi connectivity index (χ4v) is 2.01. The summed E-state index contributed by atoms with van der Waals surface area (Å²) in [6.45, 7) is 15.2. The van der Waals surface area contributed by atoms with Crippen molar-refractivity contribution in [2.45, 2.75) is 91.7 Å². The normalized spacial score (nSPS) is 14.1. The minimum atomic E-state index is 0.177. The van der Waals surface area contributed by atoms with Crippen molar-refractivity contribution in [2.24, 2.45) is 5.92 Å². The van der Waals surface area contributed by atoms with Crippen molar-refractivity contribution in [1.29, 1.82) is 0 Å². The Bertz CT molecular complexity index is 196. The highest BCUT2D eigenvalue weighted by Crippen LogP contribution is 2.10. The molecule has 19 heavy (non-hydrogen) atoms. The number of hydrogen-bond donors (Lipinski definition) is 1. The second-order valence-electron chi connectivity index (χ2n) is 7.05. The SMILES string of the molecule is CCCCCCCCOC(CNC(C)(C)C)C(C)C. The fourth-order valence-electron chi connectivity index (χ4n) is 2.01. The van der Waals surface area contributed by atoms with E-state index in [9.17, 15) is 0 Å². The van der Waals surface area contributed by atoms with Gasteiger partial charge in [-0.25, -0.2) is 0 Å². The van der Waals surface area contributed by atoms with Gasteiger partial charge in [0.15, 0.2) is 0 Å². The highest BCUT2D eigenvalue weighted by Gasteiger charge is 2.17. The van der Waals surface area contributed by atoms with Crippen LogP contribution in [0.3, 0.4) is 0 Å². The predicted molar refractivity (Wildman–Crippen MR) is 85.7 cm³/mol. The van der Waals surface area contributed by atoms with E-state index in [0.29, 0.717) is 12.0 Å². The maximum Gasteiger partial charge on any atom is 0.0722 e. The van der Waals surface area contributed by atoms with E-state index >= 15 is 0 Å². The van der Waals surface area contributed by atoms with Gasteiger partial charge in [-0.15, -0.1) is 0 Å². The van der Waals surface area contributed by atoms with Gasteiger partial charge in [-0.05, 0) is 33.1 Å².